The highest BCUT2D eigenvalue weighted by atomic mass is 35.5. The van der Waals surface area contributed by atoms with Crippen LogP contribution in [-0.4, -0.2) is 41.4 Å². The molecule has 1 atom stereocenters. The van der Waals surface area contributed by atoms with Crippen molar-refractivity contribution in [1.82, 2.24) is 10.2 Å². The molecule has 7 heteroatoms. The van der Waals surface area contributed by atoms with E-state index in [1.165, 1.54) is 18.2 Å². The molecule has 6 nitrogen and oxygen atoms in total. The number of fused-ring (bicyclic) bond motifs is 3. The predicted molar refractivity (Wildman–Crippen MR) is 78.5 cm³/mol. The number of carbonyl (C=O) groups excluding carboxylic acids is 1. The van der Waals surface area contributed by atoms with Crippen molar-refractivity contribution in [2.24, 2.45) is 5.92 Å². The number of amides is 1. The molecule has 0 radical (unpaired) electrons. The zero-order chi connectivity index (χ0) is 15.0. The van der Waals surface area contributed by atoms with Crippen LogP contribution in [0.5, 0.6) is 0 Å². The fourth-order valence-electron chi connectivity index (χ4n) is 3.22. The molecule has 1 amide bonds. The van der Waals surface area contributed by atoms with Crippen LogP contribution >= 0.6 is 11.6 Å². The minimum atomic E-state index is -0.554. The smallest absolute Gasteiger partial charge is 0.282 e. The van der Waals surface area contributed by atoms with E-state index in [-0.39, 0.29) is 17.3 Å². The van der Waals surface area contributed by atoms with E-state index >= 15 is 0 Å². The maximum atomic E-state index is 12.4. The molecule has 2 bridgehead atoms. The third-order valence-corrected chi connectivity index (χ3v) is 4.61. The minimum Gasteiger partial charge on any atom is -0.348 e. The molecule has 3 saturated heterocycles. The standard InChI is InChI=1S/C14H16ClN3O3/c15-10-1-2-13(18(20)21)11(7-10)14(19)16-12-8-17-5-3-9(12)4-6-17/h1-2,7,9,12H,3-6,8H2,(H,16,19). The molecule has 112 valence electrons. The van der Waals surface area contributed by atoms with Gasteiger partial charge in [0.25, 0.3) is 11.6 Å². The Hall–Kier alpha value is -1.66. The summed E-state index contributed by atoms with van der Waals surface area (Å²) in [4.78, 5) is 25.2. The molecule has 3 heterocycles. The third-order valence-electron chi connectivity index (χ3n) is 4.37. The fourth-order valence-corrected chi connectivity index (χ4v) is 3.40. The summed E-state index contributed by atoms with van der Waals surface area (Å²) < 4.78 is 0. The molecule has 4 rings (SSSR count). The average molecular weight is 310 g/mol. The van der Waals surface area contributed by atoms with Gasteiger partial charge in [-0.1, -0.05) is 11.6 Å². The number of hydrogen-bond donors (Lipinski definition) is 1. The summed E-state index contributed by atoms with van der Waals surface area (Å²) in [6, 6.07) is 4.12. The van der Waals surface area contributed by atoms with E-state index in [0.717, 1.165) is 32.5 Å². The molecule has 3 aliphatic rings. The zero-order valence-corrected chi connectivity index (χ0v) is 12.2. The van der Waals surface area contributed by atoms with Crippen molar-refractivity contribution < 1.29 is 9.72 Å². The lowest BCUT2D eigenvalue weighted by atomic mass is 9.84. The quantitative estimate of drug-likeness (QED) is 0.685. The largest absolute Gasteiger partial charge is 0.348 e. The Kier molecular flexibility index (Phi) is 3.82. The van der Waals surface area contributed by atoms with E-state index < -0.39 is 10.8 Å². The normalized spacial score (nSPS) is 27.4. The highest BCUT2D eigenvalue weighted by Gasteiger charge is 2.35. The van der Waals surface area contributed by atoms with Crippen LogP contribution in [0.3, 0.4) is 0 Å². The number of nitrogens with one attached hydrogen (secondary N) is 1. The molecule has 21 heavy (non-hydrogen) atoms. The van der Waals surface area contributed by atoms with Crippen LogP contribution in [0.15, 0.2) is 18.2 Å². The molecule has 1 aromatic carbocycles. The summed E-state index contributed by atoms with van der Waals surface area (Å²) in [5.74, 6) is 0.0557. The van der Waals surface area contributed by atoms with Crippen LogP contribution in [0, 0.1) is 16.0 Å². The van der Waals surface area contributed by atoms with Gasteiger partial charge in [-0.15, -0.1) is 0 Å². The summed E-state index contributed by atoms with van der Waals surface area (Å²) in [6.07, 6.45) is 2.14. The number of rotatable bonds is 3. The van der Waals surface area contributed by atoms with Gasteiger partial charge in [0, 0.05) is 23.7 Å². The van der Waals surface area contributed by atoms with Gasteiger partial charge < -0.3 is 10.2 Å². The summed E-state index contributed by atoms with van der Waals surface area (Å²) in [7, 11) is 0. The van der Waals surface area contributed by atoms with Gasteiger partial charge in [-0.3, -0.25) is 14.9 Å². The number of piperidine rings is 3. The second-order valence-corrected chi connectivity index (χ2v) is 6.07. The number of nitro groups is 1. The second-order valence-electron chi connectivity index (χ2n) is 5.64. The van der Waals surface area contributed by atoms with Gasteiger partial charge in [0.15, 0.2) is 0 Å². The van der Waals surface area contributed by atoms with Gasteiger partial charge in [-0.05, 0) is 44.0 Å². The lowest BCUT2D eigenvalue weighted by Crippen LogP contribution is -2.57. The zero-order valence-electron chi connectivity index (χ0n) is 11.4. The monoisotopic (exact) mass is 309 g/mol. The van der Waals surface area contributed by atoms with E-state index in [1.807, 2.05) is 0 Å². The van der Waals surface area contributed by atoms with Crippen molar-refractivity contribution in [2.45, 2.75) is 18.9 Å². The lowest BCUT2D eigenvalue weighted by molar-refractivity contribution is -0.385. The Morgan fingerprint density at radius 1 is 1.38 bits per heavy atom. The number of halogens is 1. The first kappa shape index (κ1) is 14.3. The molecule has 0 saturated carbocycles. The van der Waals surface area contributed by atoms with Gasteiger partial charge in [0.1, 0.15) is 5.56 Å². The Bertz CT molecular complexity index is 585. The molecule has 0 spiro atoms. The van der Waals surface area contributed by atoms with Gasteiger partial charge in [-0.25, -0.2) is 0 Å². The SMILES string of the molecule is O=C(NC1CN2CCC1CC2)c1cc(Cl)ccc1[N+](=O)[O-]. The van der Waals surface area contributed by atoms with Crippen LogP contribution in [0.2, 0.25) is 5.02 Å². The average Bonchev–Trinajstić information content (AvgIpc) is 2.48. The van der Waals surface area contributed by atoms with E-state index in [1.54, 1.807) is 0 Å². The highest BCUT2D eigenvalue weighted by Crippen LogP contribution is 2.28. The summed E-state index contributed by atoms with van der Waals surface area (Å²) in [5, 5.41) is 14.3. The maximum Gasteiger partial charge on any atom is 0.282 e. The van der Waals surface area contributed by atoms with Crippen molar-refractivity contribution in [2.75, 3.05) is 19.6 Å². The fraction of sp³-hybridized carbons (Fsp3) is 0.500. The van der Waals surface area contributed by atoms with Gasteiger partial charge >= 0.3 is 0 Å². The van der Waals surface area contributed by atoms with Crippen molar-refractivity contribution in [3.8, 4) is 0 Å². The van der Waals surface area contributed by atoms with Crippen molar-refractivity contribution >= 4 is 23.2 Å². The van der Waals surface area contributed by atoms with Crippen molar-refractivity contribution in [3.63, 3.8) is 0 Å². The molecule has 1 aromatic rings. The van der Waals surface area contributed by atoms with E-state index in [0.29, 0.717) is 10.9 Å². The molecule has 1 N–H and O–H groups in total. The van der Waals surface area contributed by atoms with Crippen molar-refractivity contribution in [1.29, 1.82) is 0 Å². The van der Waals surface area contributed by atoms with Crippen LogP contribution in [-0.2, 0) is 0 Å². The van der Waals surface area contributed by atoms with Gasteiger partial charge in [0.05, 0.1) is 4.92 Å². The Morgan fingerprint density at radius 2 is 2.10 bits per heavy atom. The van der Waals surface area contributed by atoms with E-state index in [9.17, 15) is 14.9 Å². The molecule has 3 aliphatic heterocycles. The number of nitrogens with zero attached hydrogens (tertiary/aromatic N) is 2. The van der Waals surface area contributed by atoms with Gasteiger partial charge in [0.2, 0.25) is 0 Å². The van der Waals surface area contributed by atoms with E-state index in [4.69, 9.17) is 11.6 Å². The van der Waals surface area contributed by atoms with Crippen LogP contribution in [0.25, 0.3) is 0 Å². The van der Waals surface area contributed by atoms with Crippen molar-refractivity contribution in [3.05, 3.63) is 38.9 Å². The summed E-state index contributed by atoms with van der Waals surface area (Å²) >= 11 is 5.86. The van der Waals surface area contributed by atoms with Crippen LogP contribution in [0.4, 0.5) is 5.69 Å². The molecular weight excluding hydrogens is 294 g/mol. The second kappa shape index (κ2) is 5.61. The third kappa shape index (κ3) is 2.87. The summed E-state index contributed by atoms with van der Waals surface area (Å²) in [5.41, 5.74) is -0.179. The van der Waals surface area contributed by atoms with Gasteiger partial charge in [-0.2, -0.15) is 0 Å². The first-order valence-electron chi connectivity index (χ1n) is 7.02. The molecular formula is C14H16ClN3O3. The molecule has 1 unspecified atom stereocenters. The predicted octanol–water partition coefficient (Wildman–Crippen LogP) is 2.07. The molecule has 0 aromatic heterocycles. The van der Waals surface area contributed by atoms with E-state index in [2.05, 4.69) is 10.2 Å². The maximum absolute atomic E-state index is 12.4. The minimum absolute atomic E-state index is 0.0314. The van der Waals surface area contributed by atoms with Crippen LogP contribution in [0.1, 0.15) is 23.2 Å². The Labute approximate surface area is 127 Å². The lowest BCUT2D eigenvalue weighted by Gasteiger charge is -2.44. The Balaban J connectivity index is 1.79. The molecule has 3 fully saturated rings. The highest BCUT2D eigenvalue weighted by molar-refractivity contribution is 6.31. The number of nitro benzene ring substituents is 1. The number of carbonyl (C=O) groups is 1. The topological polar surface area (TPSA) is 75.5 Å². The van der Waals surface area contributed by atoms with Crippen LogP contribution < -0.4 is 5.32 Å². The first-order valence-corrected chi connectivity index (χ1v) is 7.39. The number of benzene rings is 1. The first-order chi connectivity index (χ1) is 10.0. The number of hydrogen-bond acceptors (Lipinski definition) is 4. The molecule has 0 aliphatic carbocycles. The Morgan fingerprint density at radius 3 is 2.67 bits per heavy atom. The summed E-state index contributed by atoms with van der Waals surface area (Å²) in [6.45, 7) is 2.98.